The molecule has 1 aromatic carbocycles. The zero-order valence-corrected chi connectivity index (χ0v) is 11.1. The Morgan fingerprint density at radius 1 is 1.25 bits per heavy atom. The van der Waals surface area contributed by atoms with Gasteiger partial charge in [-0.15, -0.1) is 0 Å². The second-order valence-corrected chi connectivity index (χ2v) is 4.30. The van der Waals surface area contributed by atoms with Crippen molar-refractivity contribution in [3.8, 4) is 5.75 Å². The molecule has 7 heteroatoms. The minimum atomic E-state index is -0.542. The number of anilines is 3. The van der Waals surface area contributed by atoms with Gasteiger partial charge in [-0.1, -0.05) is 0 Å². The van der Waals surface area contributed by atoms with E-state index in [2.05, 4.69) is 9.97 Å². The fourth-order valence-electron chi connectivity index (χ4n) is 1.82. The molecular weight excluding hydrogens is 260 g/mol. The Balaban J connectivity index is 2.58. The quantitative estimate of drug-likeness (QED) is 0.806. The van der Waals surface area contributed by atoms with Gasteiger partial charge in [-0.3, -0.25) is 14.7 Å². The van der Waals surface area contributed by atoms with Crippen LogP contribution in [0.4, 0.5) is 17.2 Å². The Hall–Kier alpha value is -2.83. The summed E-state index contributed by atoms with van der Waals surface area (Å²) >= 11 is 0. The van der Waals surface area contributed by atoms with Crippen LogP contribution in [0.5, 0.6) is 5.75 Å². The van der Waals surface area contributed by atoms with Gasteiger partial charge in [-0.25, -0.2) is 9.78 Å². The lowest BCUT2D eigenvalue weighted by atomic mass is 10.2. The summed E-state index contributed by atoms with van der Waals surface area (Å²) in [6.07, 6.45) is 1.91. The lowest BCUT2D eigenvalue weighted by Crippen LogP contribution is -2.22. The molecule has 0 bridgehead atoms. The van der Waals surface area contributed by atoms with Gasteiger partial charge in [0.2, 0.25) is 6.41 Å². The number of rotatable bonds is 4. The van der Waals surface area contributed by atoms with Crippen LogP contribution in [-0.2, 0) is 4.79 Å². The monoisotopic (exact) mass is 274 g/mol. The second-order valence-electron chi connectivity index (χ2n) is 4.30. The van der Waals surface area contributed by atoms with Gasteiger partial charge in [0.1, 0.15) is 11.6 Å². The van der Waals surface area contributed by atoms with Crippen LogP contribution in [0.15, 0.2) is 35.3 Å². The zero-order valence-electron chi connectivity index (χ0n) is 11.1. The van der Waals surface area contributed by atoms with E-state index >= 15 is 0 Å². The molecule has 7 nitrogen and oxygen atoms in total. The summed E-state index contributed by atoms with van der Waals surface area (Å²) in [6.45, 7) is 0. The predicted molar refractivity (Wildman–Crippen MR) is 75.5 cm³/mol. The third-order valence-corrected chi connectivity index (χ3v) is 2.72. The highest BCUT2D eigenvalue weighted by Crippen LogP contribution is 2.34. The van der Waals surface area contributed by atoms with Crippen molar-refractivity contribution in [3.05, 3.63) is 40.9 Å². The Morgan fingerprint density at radius 3 is 2.60 bits per heavy atom. The van der Waals surface area contributed by atoms with Gasteiger partial charge >= 0.3 is 5.69 Å². The number of phenols is 1. The third kappa shape index (κ3) is 2.61. The SMILES string of the molecule is CN(C)c1cc(O)ccc1N(C=O)c1ccnc(=O)[nH]1. The topological polar surface area (TPSA) is 89.5 Å². The van der Waals surface area contributed by atoms with E-state index in [-0.39, 0.29) is 5.75 Å². The summed E-state index contributed by atoms with van der Waals surface area (Å²) in [5.41, 5.74) is 0.624. The number of benzene rings is 1. The summed E-state index contributed by atoms with van der Waals surface area (Å²) in [6, 6.07) is 6.11. The fraction of sp³-hybridized carbons (Fsp3) is 0.154. The van der Waals surface area contributed by atoms with Gasteiger partial charge in [0.25, 0.3) is 0 Å². The highest BCUT2D eigenvalue weighted by molar-refractivity contribution is 5.91. The lowest BCUT2D eigenvalue weighted by molar-refractivity contribution is -0.106. The summed E-state index contributed by atoms with van der Waals surface area (Å²) in [4.78, 5) is 31.7. The minimum Gasteiger partial charge on any atom is -0.508 e. The number of H-pyrrole nitrogens is 1. The highest BCUT2D eigenvalue weighted by atomic mass is 16.3. The van der Waals surface area contributed by atoms with E-state index < -0.39 is 5.69 Å². The Bertz CT molecular complexity index is 681. The van der Waals surface area contributed by atoms with Crippen molar-refractivity contribution in [1.29, 1.82) is 0 Å². The van der Waals surface area contributed by atoms with Gasteiger partial charge in [-0.2, -0.15) is 0 Å². The molecular formula is C13H14N4O3. The number of carbonyl (C=O) groups is 1. The lowest BCUT2D eigenvalue weighted by Gasteiger charge is -2.24. The molecule has 2 aromatic rings. The maximum Gasteiger partial charge on any atom is 0.346 e. The van der Waals surface area contributed by atoms with Crippen LogP contribution in [0.25, 0.3) is 0 Å². The predicted octanol–water partition coefficient (Wildman–Crippen LogP) is 0.836. The summed E-state index contributed by atoms with van der Waals surface area (Å²) in [5, 5.41) is 9.55. The van der Waals surface area contributed by atoms with Crippen LogP contribution in [0.2, 0.25) is 0 Å². The highest BCUT2D eigenvalue weighted by Gasteiger charge is 2.15. The first-order valence-electron chi connectivity index (χ1n) is 5.83. The molecule has 0 saturated carbocycles. The third-order valence-electron chi connectivity index (χ3n) is 2.72. The molecule has 2 rings (SSSR count). The molecule has 20 heavy (non-hydrogen) atoms. The Kier molecular flexibility index (Phi) is 3.69. The number of nitrogens with zero attached hydrogens (tertiary/aromatic N) is 3. The number of carbonyl (C=O) groups excluding carboxylic acids is 1. The van der Waals surface area contributed by atoms with Crippen LogP contribution >= 0.6 is 0 Å². The molecule has 0 spiro atoms. The van der Waals surface area contributed by atoms with Crippen molar-refractivity contribution in [2.24, 2.45) is 0 Å². The first-order valence-corrected chi connectivity index (χ1v) is 5.83. The first-order chi connectivity index (χ1) is 9.52. The summed E-state index contributed by atoms with van der Waals surface area (Å²) < 4.78 is 0. The number of phenolic OH excluding ortho intramolecular Hbond substituents is 1. The number of hydrogen-bond donors (Lipinski definition) is 2. The maximum absolute atomic E-state index is 11.4. The molecule has 1 amide bonds. The number of aromatic nitrogens is 2. The van der Waals surface area contributed by atoms with E-state index in [1.807, 2.05) is 0 Å². The number of nitrogens with one attached hydrogen (secondary N) is 1. The largest absolute Gasteiger partial charge is 0.508 e. The molecule has 1 heterocycles. The van der Waals surface area contributed by atoms with Crippen molar-refractivity contribution in [2.75, 3.05) is 23.9 Å². The normalized spacial score (nSPS) is 10.1. The molecule has 0 fully saturated rings. The molecule has 0 radical (unpaired) electrons. The first kappa shape index (κ1) is 13.6. The van der Waals surface area contributed by atoms with E-state index in [1.54, 1.807) is 25.1 Å². The van der Waals surface area contributed by atoms with E-state index in [0.717, 1.165) is 0 Å². The van der Waals surface area contributed by atoms with Gasteiger partial charge in [0.15, 0.2) is 0 Å². The second kappa shape index (κ2) is 5.43. The van der Waals surface area contributed by atoms with Gasteiger partial charge in [0, 0.05) is 26.4 Å². The van der Waals surface area contributed by atoms with Crippen molar-refractivity contribution < 1.29 is 9.90 Å². The van der Waals surface area contributed by atoms with Gasteiger partial charge in [-0.05, 0) is 18.2 Å². The van der Waals surface area contributed by atoms with Crippen LogP contribution in [0, 0.1) is 0 Å². The molecule has 0 atom stereocenters. The molecule has 1 aromatic heterocycles. The average Bonchev–Trinajstić information content (AvgIpc) is 2.41. The van der Waals surface area contributed by atoms with Crippen molar-refractivity contribution in [3.63, 3.8) is 0 Å². The Morgan fingerprint density at radius 2 is 2.00 bits per heavy atom. The van der Waals surface area contributed by atoms with Crippen molar-refractivity contribution in [1.82, 2.24) is 9.97 Å². The van der Waals surface area contributed by atoms with Crippen LogP contribution in [0.1, 0.15) is 0 Å². The zero-order chi connectivity index (χ0) is 14.7. The molecule has 104 valence electrons. The number of aromatic hydroxyl groups is 1. The van der Waals surface area contributed by atoms with Gasteiger partial charge in [0.05, 0.1) is 11.4 Å². The van der Waals surface area contributed by atoms with Crippen molar-refractivity contribution >= 4 is 23.6 Å². The number of aromatic amines is 1. The fourth-order valence-corrected chi connectivity index (χ4v) is 1.82. The van der Waals surface area contributed by atoms with Crippen LogP contribution in [-0.4, -0.2) is 35.6 Å². The maximum atomic E-state index is 11.4. The molecule has 2 N–H and O–H groups in total. The average molecular weight is 274 g/mol. The molecule has 0 saturated heterocycles. The molecule has 0 aliphatic carbocycles. The molecule has 0 unspecified atom stereocenters. The summed E-state index contributed by atoms with van der Waals surface area (Å²) in [5.74, 6) is 0.389. The smallest absolute Gasteiger partial charge is 0.346 e. The van der Waals surface area contributed by atoms with E-state index in [1.165, 1.54) is 29.3 Å². The van der Waals surface area contributed by atoms with E-state index in [9.17, 15) is 14.7 Å². The standard InChI is InChI=1S/C13H14N4O3/c1-16(2)11-7-9(19)3-4-10(11)17(8-18)12-5-6-14-13(20)15-12/h3-8,19H,1-2H3,(H,14,15,20). The molecule has 0 aliphatic rings. The Labute approximate surface area is 115 Å². The van der Waals surface area contributed by atoms with Crippen molar-refractivity contribution in [2.45, 2.75) is 0 Å². The number of amides is 1. The van der Waals surface area contributed by atoms with E-state index in [0.29, 0.717) is 23.6 Å². The number of hydrogen-bond acceptors (Lipinski definition) is 5. The van der Waals surface area contributed by atoms with Crippen LogP contribution < -0.4 is 15.5 Å². The summed E-state index contributed by atoms with van der Waals surface area (Å²) in [7, 11) is 3.58. The molecule has 0 aliphatic heterocycles. The van der Waals surface area contributed by atoms with E-state index in [4.69, 9.17) is 0 Å². The minimum absolute atomic E-state index is 0.0894. The van der Waals surface area contributed by atoms with Crippen LogP contribution in [0.3, 0.4) is 0 Å². The van der Waals surface area contributed by atoms with Gasteiger partial charge < -0.3 is 10.0 Å².